The van der Waals surface area contributed by atoms with Crippen LogP contribution in [0.5, 0.6) is 5.75 Å². The fourth-order valence-corrected chi connectivity index (χ4v) is 4.08. The minimum absolute atomic E-state index is 0.0273. The molecule has 1 aromatic heterocycles. The fraction of sp³-hybridized carbons (Fsp3) is 0.385. The van der Waals surface area contributed by atoms with E-state index in [0.29, 0.717) is 34.7 Å². The lowest BCUT2D eigenvalue weighted by Crippen LogP contribution is -2.35. The Labute approximate surface area is 193 Å². The summed E-state index contributed by atoms with van der Waals surface area (Å²) in [5, 5.41) is 3.50. The summed E-state index contributed by atoms with van der Waals surface area (Å²) in [6.45, 7) is 8.37. The number of anilines is 1. The van der Waals surface area contributed by atoms with E-state index < -0.39 is 11.5 Å². The maximum atomic E-state index is 12.8. The van der Waals surface area contributed by atoms with Gasteiger partial charge in [-0.2, -0.15) is 0 Å². The lowest BCUT2D eigenvalue weighted by molar-refractivity contribution is 0.0342. The van der Waals surface area contributed by atoms with E-state index in [1.54, 1.807) is 19.2 Å². The van der Waals surface area contributed by atoms with Gasteiger partial charge in [0.2, 0.25) is 0 Å². The zero-order valence-corrected chi connectivity index (χ0v) is 19.3. The number of carbonyl (C=O) groups excluding carboxylic acids is 1. The zero-order valence-electron chi connectivity index (χ0n) is 19.3. The van der Waals surface area contributed by atoms with Crippen molar-refractivity contribution in [3.8, 4) is 5.75 Å². The predicted molar refractivity (Wildman–Crippen MR) is 128 cm³/mol. The molecule has 2 aromatic carbocycles. The Morgan fingerprint density at radius 1 is 1.12 bits per heavy atom. The van der Waals surface area contributed by atoms with E-state index >= 15 is 0 Å². The topological polar surface area (TPSA) is 81.0 Å². The third kappa shape index (κ3) is 5.43. The number of rotatable bonds is 7. The van der Waals surface area contributed by atoms with Crippen molar-refractivity contribution in [3.63, 3.8) is 0 Å². The van der Waals surface area contributed by atoms with E-state index in [0.717, 1.165) is 44.0 Å². The molecule has 0 spiro atoms. The van der Waals surface area contributed by atoms with Crippen LogP contribution in [-0.4, -0.2) is 44.2 Å². The average Bonchev–Trinajstić information content (AvgIpc) is 2.81. The molecule has 1 amide bonds. The van der Waals surface area contributed by atoms with Crippen LogP contribution in [0.3, 0.4) is 0 Å². The Morgan fingerprint density at radius 2 is 1.85 bits per heavy atom. The van der Waals surface area contributed by atoms with Crippen molar-refractivity contribution in [2.24, 2.45) is 5.92 Å². The van der Waals surface area contributed by atoms with E-state index in [9.17, 15) is 9.59 Å². The summed E-state index contributed by atoms with van der Waals surface area (Å²) in [6, 6.07) is 12.9. The maximum Gasteiger partial charge on any atom is 0.349 e. The molecular weight excluding hydrogens is 420 g/mol. The summed E-state index contributed by atoms with van der Waals surface area (Å²) < 4.78 is 16.5. The van der Waals surface area contributed by atoms with Crippen molar-refractivity contribution < 1.29 is 18.7 Å². The lowest BCUT2D eigenvalue weighted by Gasteiger charge is -2.26. The molecule has 1 saturated heterocycles. The summed E-state index contributed by atoms with van der Waals surface area (Å²) in [5.74, 6) is 0.533. The van der Waals surface area contributed by atoms with E-state index in [1.165, 1.54) is 0 Å². The minimum Gasteiger partial charge on any atom is -0.496 e. The Hall–Kier alpha value is -3.16. The quantitative estimate of drug-likeness (QED) is 0.546. The largest absolute Gasteiger partial charge is 0.496 e. The van der Waals surface area contributed by atoms with Crippen LogP contribution in [0.15, 0.2) is 51.7 Å². The number of hydrogen-bond donors (Lipinski definition) is 1. The molecule has 7 nitrogen and oxygen atoms in total. The van der Waals surface area contributed by atoms with Crippen LogP contribution < -0.4 is 15.7 Å². The first-order valence-corrected chi connectivity index (χ1v) is 11.3. The number of carbonyl (C=O) groups is 1. The van der Waals surface area contributed by atoms with Gasteiger partial charge in [0, 0.05) is 36.3 Å². The number of ether oxygens (including phenoxy) is 2. The molecule has 2 heterocycles. The average molecular weight is 451 g/mol. The third-order valence-corrected chi connectivity index (χ3v) is 5.76. The van der Waals surface area contributed by atoms with Gasteiger partial charge in [0.15, 0.2) is 0 Å². The lowest BCUT2D eigenvalue weighted by atomic mass is 9.99. The monoisotopic (exact) mass is 450 g/mol. The van der Waals surface area contributed by atoms with Crippen LogP contribution >= 0.6 is 0 Å². The van der Waals surface area contributed by atoms with Crippen LogP contribution in [-0.2, 0) is 17.7 Å². The number of fused-ring (bicyclic) bond motifs is 1. The molecule has 0 aliphatic carbocycles. The van der Waals surface area contributed by atoms with Gasteiger partial charge >= 0.3 is 5.63 Å². The van der Waals surface area contributed by atoms with Crippen molar-refractivity contribution in [1.29, 1.82) is 0 Å². The highest BCUT2D eigenvalue weighted by atomic mass is 16.5. The second-order valence-electron chi connectivity index (χ2n) is 8.75. The van der Waals surface area contributed by atoms with Gasteiger partial charge in [0.25, 0.3) is 5.91 Å². The van der Waals surface area contributed by atoms with Gasteiger partial charge in [-0.15, -0.1) is 0 Å². The van der Waals surface area contributed by atoms with Gasteiger partial charge in [0.05, 0.1) is 20.3 Å². The minimum atomic E-state index is -0.665. The molecule has 1 aliphatic heterocycles. The molecule has 0 saturated carbocycles. The van der Waals surface area contributed by atoms with E-state index in [2.05, 4.69) is 24.1 Å². The number of benzene rings is 2. The number of morpholine rings is 1. The molecule has 0 unspecified atom stereocenters. The molecular formula is C26H30N2O5. The molecule has 1 N–H and O–H groups in total. The summed E-state index contributed by atoms with van der Waals surface area (Å²) in [5.41, 5.74) is 2.40. The molecule has 4 rings (SSSR count). The number of methoxy groups -OCH3 is 1. The summed E-state index contributed by atoms with van der Waals surface area (Å²) >= 11 is 0. The second kappa shape index (κ2) is 10.2. The SMILES string of the molecule is COc1ccc2cc(C(=O)Nc3ccc(CN4CCOCC4)cc3)c(=O)oc2c1CC(C)C. The highest BCUT2D eigenvalue weighted by Gasteiger charge is 2.18. The van der Waals surface area contributed by atoms with Crippen molar-refractivity contribution in [1.82, 2.24) is 4.90 Å². The van der Waals surface area contributed by atoms with Crippen LogP contribution in [0.25, 0.3) is 11.0 Å². The van der Waals surface area contributed by atoms with Gasteiger partial charge in [-0.25, -0.2) is 4.79 Å². The van der Waals surface area contributed by atoms with Crippen LogP contribution in [0, 0.1) is 5.92 Å². The first-order valence-electron chi connectivity index (χ1n) is 11.3. The smallest absolute Gasteiger partial charge is 0.349 e. The highest BCUT2D eigenvalue weighted by Crippen LogP contribution is 2.30. The first kappa shape index (κ1) is 23.0. The highest BCUT2D eigenvalue weighted by molar-refractivity contribution is 6.05. The third-order valence-electron chi connectivity index (χ3n) is 5.76. The predicted octanol–water partition coefficient (Wildman–Crippen LogP) is 4.08. The van der Waals surface area contributed by atoms with Crippen molar-refractivity contribution >= 4 is 22.6 Å². The van der Waals surface area contributed by atoms with Crippen molar-refractivity contribution in [3.05, 3.63) is 69.6 Å². The molecule has 1 fully saturated rings. The molecule has 33 heavy (non-hydrogen) atoms. The van der Waals surface area contributed by atoms with E-state index in [-0.39, 0.29) is 5.56 Å². The zero-order chi connectivity index (χ0) is 23.4. The number of amides is 1. The first-order chi connectivity index (χ1) is 15.9. The molecule has 0 bridgehead atoms. The van der Waals surface area contributed by atoms with Crippen LogP contribution in [0.2, 0.25) is 0 Å². The molecule has 3 aromatic rings. The fourth-order valence-electron chi connectivity index (χ4n) is 4.08. The second-order valence-corrected chi connectivity index (χ2v) is 8.75. The molecule has 174 valence electrons. The number of hydrogen-bond acceptors (Lipinski definition) is 6. The van der Waals surface area contributed by atoms with Gasteiger partial charge < -0.3 is 19.2 Å². The summed E-state index contributed by atoms with van der Waals surface area (Å²) in [7, 11) is 1.59. The Kier molecular flexibility index (Phi) is 7.11. The van der Waals surface area contributed by atoms with Gasteiger partial charge in [-0.3, -0.25) is 9.69 Å². The maximum absolute atomic E-state index is 12.8. The summed E-state index contributed by atoms with van der Waals surface area (Å²) in [4.78, 5) is 27.9. The van der Waals surface area contributed by atoms with Crippen molar-refractivity contribution in [2.45, 2.75) is 26.8 Å². The standard InChI is InChI=1S/C26H30N2O5/c1-17(2)14-21-23(31-3)9-6-19-15-22(26(30)33-24(19)21)25(29)27-20-7-4-18(5-8-20)16-28-10-12-32-13-11-28/h4-9,15,17H,10-14,16H2,1-3H3,(H,27,29). The molecule has 0 radical (unpaired) electrons. The Bertz CT molecular complexity index is 1180. The van der Waals surface area contributed by atoms with Gasteiger partial charge in [0.1, 0.15) is 16.9 Å². The normalized spacial score (nSPS) is 14.5. The van der Waals surface area contributed by atoms with Gasteiger partial charge in [-0.05, 0) is 48.2 Å². The van der Waals surface area contributed by atoms with Crippen molar-refractivity contribution in [2.75, 3.05) is 38.7 Å². The number of nitrogens with one attached hydrogen (secondary N) is 1. The van der Waals surface area contributed by atoms with Crippen LogP contribution in [0.1, 0.15) is 35.3 Å². The Morgan fingerprint density at radius 3 is 2.52 bits per heavy atom. The molecule has 1 aliphatic rings. The Balaban J connectivity index is 1.53. The van der Waals surface area contributed by atoms with E-state index in [4.69, 9.17) is 13.9 Å². The van der Waals surface area contributed by atoms with Crippen LogP contribution in [0.4, 0.5) is 5.69 Å². The van der Waals surface area contributed by atoms with Gasteiger partial charge in [-0.1, -0.05) is 26.0 Å². The molecule has 0 atom stereocenters. The van der Waals surface area contributed by atoms with E-state index in [1.807, 2.05) is 30.3 Å². The number of nitrogens with zero attached hydrogens (tertiary/aromatic N) is 1. The summed E-state index contributed by atoms with van der Waals surface area (Å²) in [6.07, 6.45) is 0.700. The molecule has 7 heteroatoms.